The Bertz CT molecular complexity index is 801. The zero-order valence-corrected chi connectivity index (χ0v) is 12.0. The highest BCUT2D eigenvalue weighted by Crippen LogP contribution is 2.26. The zero-order valence-electron chi connectivity index (χ0n) is 12.0. The molecule has 23 heavy (non-hydrogen) atoms. The Morgan fingerprint density at radius 3 is 2.87 bits per heavy atom. The van der Waals surface area contributed by atoms with Gasteiger partial charge in [0.05, 0.1) is 6.10 Å². The molecule has 1 fully saturated rings. The lowest BCUT2D eigenvalue weighted by Gasteiger charge is -2.15. The van der Waals surface area contributed by atoms with E-state index in [1.807, 2.05) is 0 Å². The van der Waals surface area contributed by atoms with Crippen molar-refractivity contribution in [2.45, 2.75) is 25.2 Å². The predicted molar refractivity (Wildman–Crippen MR) is 76.8 cm³/mol. The molecular formula is C14H14N4O5. The van der Waals surface area contributed by atoms with Gasteiger partial charge in [0, 0.05) is 24.7 Å². The molecule has 2 unspecified atom stereocenters. The van der Waals surface area contributed by atoms with Crippen LogP contribution in [-0.2, 0) is 9.47 Å². The van der Waals surface area contributed by atoms with Crippen molar-refractivity contribution in [1.29, 1.82) is 0 Å². The highest BCUT2D eigenvalue weighted by molar-refractivity contribution is 5.84. The van der Waals surface area contributed by atoms with Gasteiger partial charge in [-0.3, -0.25) is 14.3 Å². The van der Waals surface area contributed by atoms with Gasteiger partial charge in [-0.05, 0) is 18.9 Å². The fourth-order valence-corrected chi connectivity index (χ4v) is 2.31. The van der Waals surface area contributed by atoms with Crippen LogP contribution in [0.2, 0.25) is 0 Å². The molecule has 9 heteroatoms. The van der Waals surface area contributed by atoms with Crippen molar-refractivity contribution in [3.63, 3.8) is 0 Å². The van der Waals surface area contributed by atoms with Gasteiger partial charge in [0.15, 0.2) is 0 Å². The molecule has 1 N–H and O–H groups in total. The molecular weight excluding hydrogens is 304 g/mol. The Kier molecular flexibility index (Phi) is 4.29. The third-order valence-electron chi connectivity index (χ3n) is 3.40. The van der Waals surface area contributed by atoms with Crippen LogP contribution < -0.4 is 11.2 Å². The number of hydrogen-bond donors (Lipinski definition) is 1. The van der Waals surface area contributed by atoms with Gasteiger partial charge in [0.1, 0.15) is 12.8 Å². The summed E-state index contributed by atoms with van der Waals surface area (Å²) in [7, 11) is 0. The molecule has 1 saturated heterocycles. The maximum atomic E-state index is 11.7. The maximum absolute atomic E-state index is 11.7. The minimum absolute atomic E-state index is 0.0149. The summed E-state index contributed by atoms with van der Waals surface area (Å²) in [5, 5.41) is 0. The minimum Gasteiger partial charge on any atom is -0.457 e. The van der Waals surface area contributed by atoms with Gasteiger partial charge >= 0.3 is 11.7 Å². The number of rotatable bonds is 4. The van der Waals surface area contributed by atoms with Gasteiger partial charge in [0.25, 0.3) is 5.56 Å². The van der Waals surface area contributed by atoms with Crippen molar-refractivity contribution in [1.82, 2.24) is 19.5 Å². The van der Waals surface area contributed by atoms with Gasteiger partial charge in [0.2, 0.25) is 5.82 Å². The van der Waals surface area contributed by atoms with Crippen molar-refractivity contribution in [3.05, 3.63) is 57.4 Å². The van der Waals surface area contributed by atoms with Crippen molar-refractivity contribution in [2.75, 3.05) is 6.61 Å². The van der Waals surface area contributed by atoms with Crippen LogP contribution in [0, 0.1) is 0 Å². The van der Waals surface area contributed by atoms with E-state index in [1.165, 1.54) is 29.2 Å². The monoisotopic (exact) mass is 318 g/mol. The van der Waals surface area contributed by atoms with E-state index >= 15 is 0 Å². The molecule has 2 aromatic rings. The van der Waals surface area contributed by atoms with E-state index in [0.29, 0.717) is 12.8 Å². The van der Waals surface area contributed by atoms with Crippen LogP contribution in [-0.4, -0.2) is 38.2 Å². The standard InChI is InChI=1S/C14H14N4O5/c19-10-4-7-18(14(21)17-10)11-3-2-9(23-11)8-22-13(20)12-15-5-1-6-16-12/h1,4-7,9,11H,2-3,8H2,(H,17,19,21). The molecule has 1 aliphatic rings. The normalized spacial score (nSPS) is 20.3. The number of ether oxygens (including phenoxy) is 2. The molecule has 2 atom stereocenters. The second-order valence-electron chi connectivity index (χ2n) is 4.98. The Hall–Kier alpha value is -2.81. The van der Waals surface area contributed by atoms with Crippen LogP contribution in [0.3, 0.4) is 0 Å². The molecule has 0 bridgehead atoms. The summed E-state index contributed by atoms with van der Waals surface area (Å²) in [4.78, 5) is 44.3. The van der Waals surface area contributed by atoms with E-state index < -0.39 is 23.4 Å². The second kappa shape index (κ2) is 6.53. The highest BCUT2D eigenvalue weighted by atomic mass is 16.6. The van der Waals surface area contributed by atoms with Crippen LogP contribution in [0.15, 0.2) is 40.3 Å². The summed E-state index contributed by atoms with van der Waals surface area (Å²) in [6.07, 6.45) is 4.68. The van der Waals surface area contributed by atoms with Crippen molar-refractivity contribution in [3.8, 4) is 0 Å². The van der Waals surface area contributed by atoms with Crippen LogP contribution in [0.1, 0.15) is 29.7 Å². The Morgan fingerprint density at radius 2 is 2.13 bits per heavy atom. The number of carbonyl (C=O) groups excluding carboxylic acids is 1. The van der Waals surface area contributed by atoms with Gasteiger partial charge in [-0.15, -0.1) is 0 Å². The number of nitrogens with one attached hydrogen (secondary N) is 1. The molecule has 0 saturated carbocycles. The van der Waals surface area contributed by atoms with Gasteiger partial charge < -0.3 is 9.47 Å². The average molecular weight is 318 g/mol. The van der Waals surface area contributed by atoms with Gasteiger partial charge in [-0.25, -0.2) is 19.6 Å². The fourth-order valence-electron chi connectivity index (χ4n) is 2.31. The Balaban J connectivity index is 1.57. The fraction of sp³-hybridized carbons (Fsp3) is 0.357. The molecule has 0 radical (unpaired) electrons. The molecule has 2 aromatic heterocycles. The Morgan fingerprint density at radius 1 is 1.35 bits per heavy atom. The first kappa shape index (κ1) is 15.1. The number of hydrogen-bond acceptors (Lipinski definition) is 7. The summed E-state index contributed by atoms with van der Waals surface area (Å²) in [5.41, 5.74) is -0.990. The van der Waals surface area contributed by atoms with Gasteiger partial charge in [-0.1, -0.05) is 0 Å². The molecule has 0 aliphatic carbocycles. The number of H-pyrrole nitrogens is 1. The minimum atomic E-state index is -0.626. The number of esters is 1. The Labute approximate surface area is 129 Å². The average Bonchev–Trinajstić information content (AvgIpc) is 3.02. The molecule has 120 valence electrons. The maximum Gasteiger partial charge on any atom is 0.376 e. The number of aromatic nitrogens is 4. The largest absolute Gasteiger partial charge is 0.457 e. The van der Waals surface area contributed by atoms with E-state index in [0.717, 1.165) is 0 Å². The molecule has 0 aromatic carbocycles. The smallest absolute Gasteiger partial charge is 0.376 e. The molecule has 0 amide bonds. The van der Waals surface area contributed by atoms with Crippen molar-refractivity contribution >= 4 is 5.97 Å². The quantitative estimate of drug-likeness (QED) is 0.780. The van der Waals surface area contributed by atoms with Crippen LogP contribution in [0.25, 0.3) is 0 Å². The first-order chi connectivity index (χ1) is 11.1. The SMILES string of the molecule is O=C(OCC1CCC(n2ccc(=O)[nH]c2=O)O1)c1ncccn1. The van der Waals surface area contributed by atoms with Crippen LogP contribution >= 0.6 is 0 Å². The lowest BCUT2D eigenvalue weighted by molar-refractivity contribution is -0.0343. The molecule has 0 spiro atoms. The van der Waals surface area contributed by atoms with E-state index in [9.17, 15) is 14.4 Å². The van der Waals surface area contributed by atoms with Gasteiger partial charge in [-0.2, -0.15) is 0 Å². The summed E-state index contributed by atoms with van der Waals surface area (Å²) in [5.74, 6) is -0.641. The summed E-state index contributed by atoms with van der Waals surface area (Å²) >= 11 is 0. The lowest BCUT2D eigenvalue weighted by Crippen LogP contribution is -2.32. The molecule has 3 heterocycles. The first-order valence-corrected chi connectivity index (χ1v) is 7.04. The lowest BCUT2D eigenvalue weighted by atomic mass is 10.2. The third kappa shape index (κ3) is 3.51. The topological polar surface area (TPSA) is 116 Å². The first-order valence-electron chi connectivity index (χ1n) is 7.04. The third-order valence-corrected chi connectivity index (χ3v) is 3.40. The van der Waals surface area contributed by atoms with Crippen LogP contribution in [0.4, 0.5) is 0 Å². The van der Waals surface area contributed by atoms with Crippen molar-refractivity contribution in [2.24, 2.45) is 0 Å². The molecule has 3 rings (SSSR count). The summed E-state index contributed by atoms with van der Waals surface area (Å²) in [6, 6.07) is 2.86. The molecule has 1 aliphatic heterocycles. The highest BCUT2D eigenvalue weighted by Gasteiger charge is 2.28. The summed E-state index contributed by atoms with van der Waals surface area (Å²) in [6.45, 7) is 0.0473. The van der Waals surface area contributed by atoms with Crippen LogP contribution in [0.5, 0.6) is 0 Å². The summed E-state index contributed by atoms with van der Waals surface area (Å²) < 4.78 is 12.1. The van der Waals surface area contributed by atoms with E-state index in [4.69, 9.17) is 9.47 Å². The number of nitrogens with zero attached hydrogens (tertiary/aromatic N) is 3. The number of aromatic amines is 1. The van der Waals surface area contributed by atoms with E-state index in [-0.39, 0.29) is 18.5 Å². The van der Waals surface area contributed by atoms with Crippen molar-refractivity contribution < 1.29 is 14.3 Å². The van der Waals surface area contributed by atoms with E-state index in [2.05, 4.69) is 15.0 Å². The zero-order chi connectivity index (χ0) is 16.2. The van der Waals surface area contributed by atoms with E-state index in [1.54, 1.807) is 6.07 Å². The second-order valence-corrected chi connectivity index (χ2v) is 4.98. The number of carbonyl (C=O) groups is 1. The molecule has 9 nitrogen and oxygen atoms in total. The predicted octanol–water partition coefficient (Wildman–Crippen LogP) is -0.139.